The predicted octanol–water partition coefficient (Wildman–Crippen LogP) is 4.47. The third-order valence-corrected chi connectivity index (χ3v) is 6.36. The monoisotopic (exact) mass is 381 g/mol. The molecule has 0 N–H and O–H groups in total. The zero-order valence-electron chi connectivity index (χ0n) is 16.3. The number of anilines is 1. The summed E-state index contributed by atoms with van der Waals surface area (Å²) in [5.74, 6) is 0.819. The zero-order chi connectivity index (χ0) is 19.8. The molecule has 0 atom stereocenters. The molecule has 1 spiro atoms. The molecule has 5 nitrogen and oxygen atoms in total. The third kappa shape index (κ3) is 2.18. The van der Waals surface area contributed by atoms with Crippen LogP contribution in [-0.4, -0.2) is 30.0 Å². The third-order valence-electron chi connectivity index (χ3n) is 6.36. The van der Waals surface area contributed by atoms with E-state index in [0.717, 1.165) is 57.0 Å². The topological polar surface area (TPSA) is 55.3 Å². The van der Waals surface area contributed by atoms with Crippen LogP contribution < -0.4 is 9.64 Å². The number of hydrogen-bond acceptors (Lipinski definition) is 4. The Hall–Kier alpha value is -3.47. The standard InChI is InChI=1S/C24H19N3O2/c1-27-20-13-25-19-7-4-15(12-17(19)22(20)24(9-10-24)23(27)28)14-3-6-18-16(11-14)5-8-21(26-18)29-2/h3-8,11-13H,9-10H2,1-2H3. The number of likely N-dealkylation sites (N-methyl/N-ethyl adjacent to an activating group) is 1. The van der Waals surface area contributed by atoms with Crippen LogP contribution in [0, 0.1) is 0 Å². The van der Waals surface area contributed by atoms with E-state index in [0.29, 0.717) is 5.88 Å². The van der Waals surface area contributed by atoms with E-state index < -0.39 is 0 Å². The zero-order valence-corrected chi connectivity index (χ0v) is 16.3. The Labute approximate surface area is 168 Å². The van der Waals surface area contributed by atoms with Crippen LogP contribution in [0.25, 0.3) is 32.9 Å². The van der Waals surface area contributed by atoms with Gasteiger partial charge in [-0.15, -0.1) is 0 Å². The predicted molar refractivity (Wildman–Crippen MR) is 113 cm³/mol. The van der Waals surface area contributed by atoms with Crippen LogP contribution in [0.5, 0.6) is 5.88 Å². The molecule has 1 saturated carbocycles. The van der Waals surface area contributed by atoms with Crippen molar-refractivity contribution in [3.8, 4) is 17.0 Å². The molecule has 1 aliphatic heterocycles. The van der Waals surface area contributed by atoms with Crippen LogP contribution in [0.2, 0.25) is 0 Å². The van der Waals surface area contributed by atoms with E-state index in [1.165, 1.54) is 0 Å². The first kappa shape index (κ1) is 16.5. The molecule has 0 saturated heterocycles. The first-order valence-corrected chi connectivity index (χ1v) is 9.77. The van der Waals surface area contributed by atoms with Crippen molar-refractivity contribution in [3.63, 3.8) is 0 Å². The Balaban J connectivity index is 1.54. The summed E-state index contributed by atoms with van der Waals surface area (Å²) in [6, 6.07) is 16.5. The number of amides is 1. The summed E-state index contributed by atoms with van der Waals surface area (Å²) in [5.41, 5.74) is 5.86. The van der Waals surface area contributed by atoms with E-state index >= 15 is 0 Å². The quantitative estimate of drug-likeness (QED) is 0.514. The number of rotatable bonds is 2. The number of methoxy groups -OCH3 is 1. The molecule has 2 aliphatic rings. The second-order valence-corrected chi connectivity index (χ2v) is 7.96. The normalized spacial score (nSPS) is 16.6. The summed E-state index contributed by atoms with van der Waals surface area (Å²) >= 11 is 0. The van der Waals surface area contributed by atoms with Gasteiger partial charge in [0, 0.05) is 29.4 Å². The number of hydrogen-bond donors (Lipinski definition) is 0. The Morgan fingerprint density at radius 2 is 1.76 bits per heavy atom. The Kier molecular flexibility index (Phi) is 3.15. The fourth-order valence-corrected chi connectivity index (χ4v) is 4.65. The number of aromatic nitrogens is 2. The average Bonchev–Trinajstić information content (AvgIpc) is 3.54. The second kappa shape index (κ2) is 5.54. The van der Waals surface area contributed by atoms with Crippen molar-refractivity contribution in [3.05, 3.63) is 60.3 Å². The minimum absolute atomic E-state index is 0.206. The maximum absolute atomic E-state index is 12.8. The lowest BCUT2D eigenvalue weighted by atomic mass is 9.92. The van der Waals surface area contributed by atoms with Gasteiger partial charge < -0.3 is 9.64 Å². The van der Waals surface area contributed by atoms with Crippen molar-refractivity contribution >= 4 is 33.4 Å². The second-order valence-electron chi connectivity index (χ2n) is 7.96. The fourth-order valence-electron chi connectivity index (χ4n) is 4.65. The van der Waals surface area contributed by atoms with Gasteiger partial charge in [-0.05, 0) is 54.3 Å². The van der Waals surface area contributed by atoms with Crippen molar-refractivity contribution in [2.75, 3.05) is 19.1 Å². The van der Waals surface area contributed by atoms with Gasteiger partial charge in [-0.3, -0.25) is 9.78 Å². The van der Waals surface area contributed by atoms with E-state index in [1.807, 2.05) is 31.4 Å². The summed E-state index contributed by atoms with van der Waals surface area (Å²) in [7, 11) is 3.48. The lowest BCUT2D eigenvalue weighted by molar-refractivity contribution is -0.119. The van der Waals surface area contributed by atoms with Crippen molar-refractivity contribution in [2.45, 2.75) is 18.3 Å². The minimum atomic E-state index is -0.326. The number of ether oxygens (including phenoxy) is 1. The van der Waals surface area contributed by atoms with E-state index in [1.54, 1.807) is 12.0 Å². The summed E-state index contributed by atoms with van der Waals surface area (Å²) in [4.78, 5) is 23.7. The number of carbonyl (C=O) groups excluding carboxylic acids is 1. The minimum Gasteiger partial charge on any atom is -0.481 e. The molecule has 0 bridgehead atoms. The van der Waals surface area contributed by atoms with E-state index in [9.17, 15) is 4.79 Å². The van der Waals surface area contributed by atoms with Gasteiger partial charge in [-0.2, -0.15) is 0 Å². The van der Waals surface area contributed by atoms with Crippen LogP contribution in [0.15, 0.2) is 54.7 Å². The molecule has 3 heterocycles. The van der Waals surface area contributed by atoms with E-state index in [-0.39, 0.29) is 11.3 Å². The highest BCUT2D eigenvalue weighted by Gasteiger charge is 2.59. The van der Waals surface area contributed by atoms with Crippen molar-refractivity contribution < 1.29 is 9.53 Å². The molecule has 142 valence electrons. The molecule has 29 heavy (non-hydrogen) atoms. The Bertz CT molecular complexity index is 1340. The molecule has 5 heteroatoms. The SMILES string of the molecule is COc1ccc2cc(-c3ccc4ncc5c(c4c3)C3(CC3)C(=O)N5C)ccc2n1. The van der Waals surface area contributed by atoms with Crippen LogP contribution >= 0.6 is 0 Å². The van der Waals surface area contributed by atoms with Crippen LogP contribution in [0.1, 0.15) is 18.4 Å². The largest absolute Gasteiger partial charge is 0.481 e. The van der Waals surface area contributed by atoms with Crippen LogP contribution in [0.3, 0.4) is 0 Å². The first-order valence-electron chi connectivity index (χ1n) is 9.77. The number of carbonyl (C=O) groups is 1. The Morgan fingerprint density at radius 3 is 2.52 bits per heavy atom. The van der Waals surface area contributed by atoms with Gasteiger partial charge in [0.25, 0.3) is 0 Å². The van der Waals surface area contributed by atoms with Gasteiger partial charge >= 0.3 is 0 Å². The Morgan fingerprint density at radius 1 is 1.00 bits per heavy atom. The van der Waals surface area contributed by atoms with Crippen LogP contribution in [0.4, 0.5) is 5.69 Å². The summed E-state index contributed by atoms with van der Waals surface area (Å²) in [6.45, 7) is 0. The number of fused-ring (bicyclic) bond motifs is 5. The lowest BCUT2D eigenvalue weighted by Gasteiger charge is -2.12. The summed E-state index contributed by atoms with van der Waals surface area (Å²) in [6.07, 6.45) is 3.70. The molecule has 0 radical (unpaired) electrons. The lowest BCUT2D eigenvalue weighted by Crippen LogP contribution is -2.28. The van der Waals surface area contributed by atoms with Crippen molar-refractivity contribution in [1.29, 1.82) is 0 Å². The van der Waals surface area contributed by atoms with E-state index in [4.69, 9.17) is 4.74 Å². The summed E-state index contributed by atoms with van der Waals surface area (Å²) in [5, 5.41) is 2.15. The molecule has 6 rings (SSSR count). The van der Waals surface area contributed by atoms with Crippen molar-refractivity contribution in [1.82, 2.24) is 9.97 Å². The first-order chi connectivity index (χ1) is 14.1. The molecule has 1 aliphatic carbocycles. The van der Waals surface area contributed by atoms with Gasteiger partial charge in [-0.25, -0.2) is 4.98 Å². The maximum Gasteiger partial charge on any atom is 0.237 e. The van der Waals surface area contributed by atoms with Gasteiger partial charge in [0.05, 0.1) is 35.4 Å². The molecule has 1 amide bonds. The molecule has 4 aromatic rings. The highest BCUT2D eigenvalue weighted by atomic mass is 16.5. The number of nitrogens with zero attached hydrogens (tertiary/aromatic N) is 3. The number of pyridine rings is 2. The van der Waals surface area contributed by atoms with Crippen molar-refractivity contribution in [2.24, 2.45) is 0 Å². The van der Waals surface area contributed by atoms with Gasteiger partial charge in [-0.1, -0.05) is 12.1 Å². The van der Waals surface area contributed by atoms with Gasteiger partial charge in [0.1, 0.15) is 0 Å². The molecule has 1 fully saturated rings. The van der Waals surface area contributed by atoms with Gasteiger partial charge in [0.2, 0.25) is 11.8 Å². The summed E-state index contributed by atoms with van der Waals surface area (Å²) < 4.78 is 5.22. The molecular formula is C24H19N3O2. The van der Waals surface area contributed by atoms with Gasteiger partial charge in [0.15, 0.2) is 0 Å². The molecular weight excluding hydrogens is 362 g/mol. The smallest absolute Gasteiger partial charge is 0.237 e. The number of benzene rings is 2. The van der Waals surface area contributed by atoms with E-state index in [2.05, 4.69) is 40.3 Å². The fraction of sp³-hybridized carbons (Fsp3) is 0.208. The highest BCUT2D eigenvalue weighted by molar-refractivity contribution is 6.14. The average molecular weight is 381 g/mol. The molecule has 2 aromatic carbocycles. The molecule has 2 aromatic heterocycles. The maximum atomic E-state index is 12.8. The highest BCUT2D eigenvalue weighted by Crippen LogP contribution is 2.58. The van der Waals surface area contributed by atoms with Crippen LogP contribution in [-0.2, 0) is 10.2 Å². The molecule has 0 unspecified atom stereocenters.